The van der Waals surface area contributed by atoms with Crippen molar-refractivity contribution in [3.8, 4) is 23.6 Å². The van der Waals surface area contributed by atoms with Crippen molar-refractivity contribution >= 4 is 93.9 Å². The van der Waals surface area contributed by atoms with Crippen LogP contribution in [0.25, 0.3) is 0 Å². The number of hydrogen-bond acceptors (Lipinski definition) is 12. The van der Waals surface area contributed by atoms with Crippen molar-refractivity contribution in [2.75, 3.05) is 22.6 Å². The Balaban J connectivity index is 0.000000270. The molecule has 27 heteroatoms. The molecule has 75 heavy (non-hydrogen) atoms. The number of phenols is 1. The average molecular weight is 1180 g/mol. The number of phenolic OH excluding ortho intramolecular Hbond substituents is 1. The van der Waals surface area contributed by atoms with E-state index < -0.39 is 78.9 Å². The fraction of sp³-hybridized carbons (Fsp3) is 0.125. The molecule has 6 aromatic carbocycles. The van der Waals surface area contributed by atoms with Gasteiger partial charge in [0.2, 0.25) is 26.0 Å². The van der Waals surface area contributed by atoms with Crippen molar-refractivity contribution in [3.63, 3.8) is 0 Å². The maximum absolute atomic E-state index is 13.2. The zero-order chi connectivity index (χ0) is 56.4. The number of nitrogens with zero attached hydrogens (tertiary/aromatic N) is 2. The summed E-state index contributed by atoms with van der Waals surface area (Å²) in [7, 11) is -7.63. The lowest BCUT2D eigenvalue weighted by molar-refractivity contribution is -0.138. The van der Waals surface area contributed by atoms with Crippen LogP contribution < -0.4 is 25.6 Å². The molecule has 0 aromatic heterocycles. The van der Waals surface area contributed by atoms with E-state index in [1.807, 2.05) is 0 Å². The Labute approximate surface area is 441 Å². The first-order valence-electron chi connectivity index (χ1n) is 20.4. The Morgan fingerprint density at radius 2 is 1.04 bits per heavy atom. The molecule has 0 fully saturated rings. The molecule has 0 aliphatic heterocycles. The minimum atomic E-state index is -4.79. The Morgan fingerprint density at radius 3 is 1.44 bits per heavy atom. The molecule has 0 spiro atoms. The van der Waals surface area contributed by atoms with Gasteiger partial charge in [0.25, 0.3) is 5.91 Å². The van der Waals surface area contributed by atoms with Crippen LogP contribution in [0.1, 0.15) is 65.2 Å². The molecule has 2 amide bonds. The topological polar surface area (TPSA) is 290 Å². The fourth-order valence-electron chi connectivity index (χ4n) is 6.20. The quantitative estimate of drug-likeness (QED) is 0.0435. The van der Waals surface area contributed by atoms with Crippen molar-refractivity contribution in [1.29, 1.82) is 10.5 Å². The summed E-state index contributed by atoms with van der Waals surface area (Å²) in [6.45, 7) is 2.63. The number of carbonyl (C=O) groups excluding carboxylic acids is 4. The van der Waals surface area contributed by atoms with Gasteiger partial charge >= 0.3 is 12.4 Å². The van der Waals surface area contributed by atoms with Crippen LogP contribution in [0, 0.1) is 36.5 Å². The monoisotopic (exact) mass is 1180 g/mol. The van der Waals surface area contributed by atoms with Crippen LogP contribution in [0.15, 0.2) is 119 Å². The molecule has 0 bridgehead atoms. The average Bonchev–Trinajstić information content (AvgIpc) is 3.33. The van der Waals surface area contributed by atoms with Gasteiger partial charge in [-0.15, -0.1) is 0 Å². The summed E-state index contributed by atoms with van der Waals surface area (Å²) in [6.07, 6.45) is -9.49. The molecular formula is C48H35BrCl2F6N6O10S2. The number of nitriles is 2. The van der Waals surface area contributed by atoms with E-state index in [1.54, 1.807) is 26.0 Å². The summed E-state index contributed by atoms with van der Waals surface area (Å²) in [4.78, 5) is 48.8. The number of sulfonamides is 2. The van der Waals surface area contributed by atoms with Crippen molar-refractivity contribution in [1.82, 2.24) is 0 Å². The second kappa shape index (κ2) is 24.8. The van der Waals surface area contributed by atoms with Crippen molar-refractivity contribution in [2.45, 2.75) is 36.0 Å². The van der Waals surface area contributed by atoms with E-state index in [4.69, 9.17) is 48.7 Å². The van der Waals surface area contributed by atoms with Crippen LogP contribution in [0.4, 0.5) is 37.7 Å². The number of carbonyl (C=O) groups is 4. The Morgan fingerprint density at radius 1 is 0.627 bits per heavy atom. The Bertz CT molecular complexity index is 3550. The van der Waals surface area contributed by atoms with E-state index >= 15 is 0 Å². The molecule has 0 heterocycles. The number of nitrogens with two attached hydrogens (primary N) is 2. The zero-order valence-corrected chi connectivity index (χ0v) is 42.9. The summed E-state index contributed by atoms with van der Waals surface area (Å²) >= 11 is 14.7. The molecule has 0 aliphatic carbocycles. The number of rotatable bonds is 12. The minimum absolute atomic E-state index is 0.0295. The van der Waals surface area contributed by atoms with Crippen LogP contribution in [-0.2, 0) is 42.0 Å². The Kier molecular flexibility index (Phi) is 19.9. The number of aromatic hydroxyl groups is 1. The molecule has 0 radical (unpaired) electrons. The number of halogens is 9. The van der Waals surface area contributed by atoms with E-state index in [0.717, 1.165) is 24.3 Å². The number of amides is 2. The first-order chi connectivity index (χ1) is 34.7. The van der Waals surface area contributed by atoms with Gasteiger partial charge in [0.05, 0.1) is 60.6 Å². The van der Waals surface area contributed by atoms with Crippen LogP contribution in [-0.4, -0.2) is 57.3 Å². The summed E-state index contributed by atoms with van der Waals surface area (Å²) < 4.78 is 129. The predicted molar refractivity (Wildman–Crippen MR) is 265 cm³/mol. The van der Waals surface area contributed by atoms with Gasteiger partial charge < -0.3 is 20.5 Å². The van der Waals surface area contributed by atoms with Gasteiger partial charge in [-0.3, -0.25) is 19.2 Å². The normalized spacial score (nSPS) is 11.3. The molecule has 7 N–H and O–H groups in total. The number of benzene rings is 6. The lowest BCUT2D eigenvalue weighted by Crippen LogP contribution is -2.21. The van der Waals surface area contributed by atoms with Gasteiger partial charge in [-0.25, -0.2) is 27.1 Å². The summed E-state index contributed by atoms with van der Waals surface area (Å²) in [5.74, 6) is -3.19. The number of primary sulfonamides is 2. The van der Waals surface area contributed by atoms with Gasteiger partial charge in [-0.05, 0) is 134 Å². The number of anilines is 2. The lowest BCUT2D eigenvalue weighted by atomic mass is 9.98. The number of hydrogen-bond donors (Lipinski definition) is 5. The summed E-state index contributed by atoms with van der Waals surface area (Å²) in [5.41, 5.74) is -2.32. The van der Waals surface area contributed by atoms with E-state index in [0.29, 0.717) is 41.1 Å². The third-order valence-electron chi connectivity index (χ3n) is 9.77. The van der Waals surface area contributed by atoms with Gasteiger partial charge in [0.1, 0.15) is 11.5 Å². The molecule has 6 rings (SSSR count). The maximum Gasteiger partial charge on any atom is 0.416 e. The van der Waals surface area contributed by atoms with Gasteiger partial charge in [-0.1, -0.05) is 39.1 Å². The number of ether oxygens (including phenoxy) is 1. The molecule has 392 valence electrons. The van der Waals surface area contributed by atoms with E-state index in [-0.39, 0.29) is 70.3 Å². The number of ketones is 2. The van der Waals surface area contributed by atoms with E-state index in [9.17, 15) is 67.5 Å². The first kappa shape index (κ1) is 60.2. The second-order valence-corrected chi connectivity index (χ2v) is 19.9. The zero-order valence-electron chi connectivity index (χ0n) is 38.2. The highest BCUT2D eigenvalue weighted by Crippen LogP contribution is 2.34. The minimum Gasteiger partial charge on any atom is -0.507 e. The summed E-state index contributed by atoms with van der Waals surface area (Å²) in [6, 6.07) is 23.2. The maximum atomic E-state index is 13.2. The highest BCUT2D eigenvalue weighted by molar-refractivity contribution is 9.09. The van der Waals surface area contributed by atoms with Crippen LogP contribution in [0.3, 0.4) is 0 Å². The van der Waals surface area contributed by atoms with Crippen molar-refractivity contribution in [2.24, 2.45) is 10.3 Å². The van der Waals surface area contributed by atoms with Crippen molar-refractivity contribution in [3.05, 3.63) is 175 Å². The smallest absolute Gasteiger partial charge is 0.416 e. The third-order valence-corrected chi connectivity index (χ3v) is 12.6. The largest absolute Gasteiger partial charge is 0.507 e. The van der Waals surface area contributed by atoms with Gasteiger partial charge in [-0.2, -0.15) is 36.9 Å². The van der Waals surface area contributed by atoms with Crippen LogP contribution in [0.2, 0.25) is 10.0 Å². The van der Waals surface area contributed by atoms with E-state index in [2.05, 4.69) is 26.6 Å². The molecule has 0 atom stereocenters. The lowest BCUT2D eigenvalue weighted by Gasteiger charge is -2.14. The highest BCUT2D eigenvalue weighted by Gasteiger charge is 2.33. The van der Waals surface area contributed by atoms with Crippen molar-refractivity contribution < 1.29 is 72.2 Å². The molecule has 0 unspecified atom stereocenters. The molecular weight excluding hydrogens is 1150 g/mol. The predicted octanol–water partition coefficient (Wildman–Crippen LogP) is 9.58. The number of nitrogens with one attached hydrogen (secondary N) is 2. The van der Waals surface area contributed by atoms with Crippen LogP contribution >= 0.6 is 39.1 Å². The molecule has 6 aromatic rings. The third kappa shape index (κ3) is 17.1. The second-order valence-electron chi connectivity index (χ2n) is 15.3. The van der Waals surface area contributed by atoms with Crippen LogP contribution in [0.5, 0.6) is 11.5 Å². The highest BCUT2D eigenvalue weighted by atomic mass is 79.9. The standard InChI is InChI=1S/C24H17ClF3N3O5S.C15H7ClF3NO2.C9H11BrN2O3S/c1-13-6-18(37(30,34)35)3-4-20(13)31-22(32)12-36-21-5-2-17(25)10-19(21)23(33)15-7-14(11-29)8-16(9-15)24(26,27)28;16-11-1-2-13(21)12(6-11)14(22)9-3-8(7-20)4-10(5-9)15(17,18)19;1-6-4-7(16(11,14)15)2-3-8(6)12-9(13)5-10/h2-10H,12H2,1H3,(H,31,32)(H2,30,34,35);1-6,21H;2-4H,5H2,1H3,(H,12,13)(H2,11,14,15). The molecule has 0 saturated heterocycles. The van der Waals surface area contributed by atoms with E-state index in [1.165, 1.54) is 60.7 Å². The SMILES string of the molecule is Cc1cc(S(N)(=O)=O)ccc1NC(=O)CBr.Cc1cc(S(N)(=O)=O)ccc1NC(=O)COc1ccc(Cl)cc1C(=O)c1cc(C#N)cc(C(F)(F)F)c1.N#Cc1cc(C(=O)c2cc(Cl)ccc2O)cc(C(F)(F)F)c1. The van der Waals surface area contributed by atoms with Gasteiger partial charge in [0, 0.05) is 32.5 Å². The first-order valence-corrected chi connectivity index (χ1v) is 25.4. The molecule has 0 saturated carbocycles. The fourth-order valence-corrected chi connectivity index (χ4v) is 7.88. The Hall–Kier alpha value is -7.36. The number of alkyl halides is 7. The van der Waals surface area contributed by atoms with Gasteiger partial charge in [0.15, 0.2) is 18.2 Å². The number of aryl methyl sites for hydroxylation is 2. The molecule has 16 nitrogen and oxygen atoms in total. The summed E-state index contributed by atoms with van der Waals surface area (Å²) in [5, 5.41) is 43.2. The molecule has 0 aliphatic rings.